The summed E-state index contributed by atoms with van der Waals surface area (Å²) in [6, 6.07) is 3.53. The highest BCUT2D eigenvalue weighted by molar-refractivity contribution is 6.42. The highest BCUT2D eigenvalue weighted by Gasteiger charge is 2.26. The zero-order valence-corrected chi connectivity index (χ0v) is 9.54. The lowest BCUT2D eigenvalue weighted by Crippen LogP contribution is -2.39. The number of fused-ring (bicyclic) bond motifs is 1. The minimum absolute atomic E-state index is 0.204. The molecule has 1 aromatic carbocycles. The third-order valence-corrected chi connectivity index (χ3v) is 2.84. The Balaban J connectivity index is 2.43. The van der Waals surface area contributed by atoms with E-state index < -0.39 is 0 Å². The molecule has 1 aliphatic heterocycles. The molecule has 1 heterocycles. The first-order chi connectivity index (χ1) is 6.48. The Labute approximate surface area is 93.2 Å². The molecular formula is C10H11Cl2NO. The smallest absolute Gasteiger partial charge is 0.144 e. The summed E-state index contributed by atoms with van der Waals surface area (Å²) < 4.78 is 5.75. The standard InChI is InChI=1S/C10H11Cl2NO/c1-10(2)5-13-8-3-6(11)7(12)4-9(8)14-10/h3-4,13H,5H2,1-2H3. The molecule has 0 saturated heterocycles. The van der Waals surface area contributed by atoms with E-state index in [1.54, 1.807) is 12.1 Å². The van der Waals surface area contributed by atoms with Gasteiger partial charge in [0.15, 0.2) is 0 Å². The average molecular weight is 232 g/mol. The van der Waals surface area contributed by atoms with Gasteiger partial charge in [0.25, 0.3) is 0 Å². The number of nitrogens with one attached hydrogen (secondary N) is 1. The van der Waals surface area contributed by atoms with Gasteiger partial charge in [-0.2, -0.15) is 0 Å². The molecule has 0 aromatic heterocycles. The highest BCUT2D eigenvalue weighted by Crippen LogP contribution is 2.38. The molecule has 76 valence electrons. The third-order valence-electron chi connectivity index (χ3n) is 2.11. The number of halogens is 2. The first-order valence-corrected chi connectivity index (χ1v) is 5.15. The lowest BCUT2D eigenvalue weighted by Gasteiger charge is -2.33. The van der Waals surface area contributed by atoms with Crippen LogP contribution in [0, 0.1) is 0 Å². The van der Waals surface area contributed by atoms with Crippen molar-refractivity contribution in [1.29, 1.82) is 0 Å². The largest absolute Gasteiger partial charge is 0.484 e. The van der Waals surface area contributed by atoms with Crippen LogP contribution in [-0.2, 0) is 0 Å². The fourth-order valence-electron chi connectivity index (χ4n) is 1.39. The van der Waals surface area contributed by atoms with Crippen LogP contribution >= 0.6 is 23.2 Å². The van der Waals surface area contributed by atoms with Gasteiger partial charge in [0, 0.05) is 6.07 Å². The van der Waals surface area contributed by atoms with E-state index in [1.165, 1.54) is 0 Å². The van der Waals surface area contributed by atoms with Gasteiger partial charge in [0.1, 0.15) is 11.4 Å². The molecule has 2 rings (SSSR count). The number of ether oxygens (including phenoxy) is 1. The van der Waals surface area contributed by atoms with Crippen molar-refractivity contribution in [2.24, 2.45) is 0 Å². The molecule has 1 aromatic rings. The van der Waals surface area contributed by atoms with Crippen molar-refractivity contribution in [3.63, 3.8) is 0 Å². The summed E-state index contributed by atoms with van der Waals surface area (Å²) in [6.45, 7) is 4.80. The van der Waals surface area contributed by atoms with E-state index in [4.69, 9.17) is 27.9 Å². The van der Waals surface area contributed by atoms with Gasteiger partial charge in [-0.3, -0.25) is 0 Å². The van der Waals surface area contributed by atoms with Crippen molar-refractivity contribution in [3.05, 3.63) is 22.2 Å². The summed E-state index contributed by atoms with van der Waals surface area (Å²) in [6.07, 6.45) is 0. The molecule has 0 bridgehead atoms. The van der Waals surface area contributed by atoms with Crippen molar-refractivity contribution >= 4 is 28.9 Å². The SMILES string of the molecule is CC1(C)CNc2cc(Cl)c(Cl)cc2O1. The van der Waals surface area contributed by atoms with E-state index in [0.29, 0.717) is 10.0 Å². The van der Waals surface area contributed by atoms with Gasteiger partial charge in [-0.15, -0.1) is 0 Å². The summed E-state index contributed by atoms with van der Waals surface area (Å²) in [4.78, 5) is 0. The first kappa shape index (κ1) is 9.94. The summed E-state index contributed by atoms with van der Waals surface area (Å²) in [5.41, 5.74) is 0.697. The minimum atomic E-state index is -0.204. The number of anilines is 1. The van der Waals surface area contributed by atoms with E-state index in [2.05, 4.69) is 5.32 Å². The van der Waals surface area contributed by atoms with Crippen LogP contribution in [0.15, 0.2) is 12.1 Å². The quantitative estimate of drug-likeness (QED) is 0.738. The Kier molecular flexibility index (Phi) is 2.28. The molecule has 0 saturated carbocycles. The highest BCUT2D eigenvalue weighted by atomic mass is 35.5. The monoisotopic (exact) mass is 231 g/mol. The number of benzene rings is 1. The zero-order valence-electron chi connectivity index (χ0n) is 8.03. The summed E-state index contributed by atoms with van der Waals surface area (Å²) in [5.74, 6) is 0.760. The molecule has 0 radical (unpaired) electrons. The third kappa shape index (κ3) is 1.77. The predicted molar refractivity (Wildman–Crippen MR) is 59.7 cm³/mol. The lowest BCUT2D eigenvalue weighted by molar-refractivity contribution is 0.116. The average Bonchev–Trinajstić information content (AvgIpc) is 2.07. The lowest BCUT2D eigenvalue weighted by atomic mass is 10.1. The number of rotatable bonds is 0. The fourth-order valence-corrected chi connectivity index (χ4v) is 1.71. The van der Waals surface area contributed by atoms with Crippen LogP contribution in [0.1, 0.15) is 13.8 Å². The maximum atomic E-state index is 5.90. The van der Waals surface area contributed by atoms with Crippen LogP contribution in [0.5, 0.6) is 5.75 Å². The van der Waals surface area contributed by atoms with E-state index in [9.17, 15) is 0 Å². The molecule has 14 heavy (non-hydrogen) atoms. The van der Waals surface area contributed by atoms with E-state index >= 15 is 0 Å². The van der Waals surface area contributed by atoms with Gasteiger partial charge in [-0.05, 0) is 19.9 Å². The normalized spacial score (nSPS) is 18.0. The fraction of sp³-hybridized carbons (Fsp3) is 0.400. The topological polar surface area (TPSA) is 21.3 Å². The van der Waals surface area contributed by atoms with Gasteiger partial charge in [-0.1, -0.05) is 23.2 Å². The molecule has 0 atom stereocenters. The summed E-state index contributed by atoms with van der Waals surface area (Å²) >= 11 is 11.8. The zero-order chi connectivity index (χ0) is 10.3. The van der Waals surface area contributed by atoms with Crippen LogP contribution in [0.2, 0.25) is 10.0 Å². The van der Waals surface area contributed by atoms with Crippen LogP contribution in [0.25, 0.3) is 0 Å². The molecule has 1 aliphatic rings. The van der Waals surface area contributed by atoms with Crippen LogP contribution in [0.4, 0.5) is 5.69 Å². The molecule has 0 aliphatic carbocycles. The second-order valence-electron chi connectivity index (χ2n) is 3.98. The Morgan fingerprint density at radius 3 is 2.64 bits per heavy atom. The van der Waals surface area contributed by atoms with Gasteiger partial charge in [0.2, 0.25) is 0 Å². The predicted octanol–water partition coefficient (Wildman–Crippen LogP) is 3.58. The Morgan fingerprint density at radius 2 is 1.93 bits per heavy atom. The van der Waals surface area contributed by atoms with E-state index in [-0.39, 0.29) is 5.60 Å². The van der Waals surface area contributed by atoms with E-state index in [1.807, 2.05) is 13.8 Å². The van der Waals surface area contributed by atoms with Gasteiger partial charge in [0.05, 0.1) is 22.3 Å². The van der Waals surface area contributed by atoms with Crippen LogP contribution in [-0.4, -0.2) is 12.1 Å². The number of hydrogen-bond acceptors (Lipinski definition) is 2. The molecule has 4 heteroatoms. The Bertz CT molecular complexity index is 377. The van der Waals surface area contributed by atoms with E-state index in [0.717, 1.165) is 18.0 Å². The molecular weight excluding hydrogens is 221 g/mol. The second-order valence-corrected chi connectivity index (χ2v) is 4.79. The van der Waals surface area contributed by atoms with Crippen molar-refractivity contribution < 1.29 is 4.74 Å². The number of hydrogen-bond donors (Lipinski definition) is 1. The molecule has 0 amide bonds. The van der Waals surface area contributed by atoms with Crippen LogP contribution in [0.3, 0.4) is 0 Å². The first-order valence-electron chi connectivity index (χ1n) is 4.40. The molecule has 1 N–H and O–H groups in total. The molecule has 2 nitrogen and oxygen atoms in total. The van der Waals surface area contributed by atoms with Crippen molar-refractivity contribution in [3.8, 4) is 5.75 Å². The summed E-state index contributed by atoms with van der Waals surface area (Å²) in [5, 5.41) is 4.31. The Hall–Kier alpha value is -0.600. The molecule has 0 unspecified atom stereocenters. The molecule has 0 fully saturated rings. The second kappa shape index (κ2) is 3.21. The van der Waals surface area contributed by atoms with Crippen molar-refractivity contribution in [2.45, 2.75) is 19.4 Å². The van der Waals surface area contributed by atoms with Crippen molar-refractivity contribution in [2.75, 3.05) is 11.9 Å². The maximum absolute atomic E-state index is 5.90. The Morgan fingerprint density at radius 1 is 1.29 bits per heavy atom. The van der Waals surface area contributed by atoms with Gasteiger partial charge >= 0.3 is 0 Å². The molecule has 0 spiro atoms. The van der Waals surface area contributed by atoms with Gasteiger partial charge < -0.3 is 10.1 Å². The maximum Gasteiger partial charge on any atom is 0.144 e. The minimum Gasteiger partial charge on any atom is -0.484 e. The van der Waals surface area contributed by atoms with Gasteiger partial charge in [-0.25, -0.2) is 0 Å². The van der Waals surface area contributed by atoms with Crippen molar-refractivity contribution in [1.82, 2.24) is 0 Å². The van der Waals surface area contributed by atoms with Crippen LogP contribution < -0.4 is 10.1 Å². The summed E-state index contributed by atoms with van der Waals surface area (Å²) in [7, 11) is 0.